The van der Waals surface area contributed by atoms with Gasteiger partial charge in [-0.25, -0.2) is 9.59 Å². The van der Waals surface area contributed by atoms with Gasteiger partial charge in [0.05, 0.1) is 61.4 Å². The first-order valence-corrected chi connectivity index (χ1v) is 12.6. The number of hydrogen-bond donors (Lipinski definition) is 0. The van der Waals surface area contributed by atoms with E-state index in [0.717, 1.165) is 0 Å². The van der Waals surface area contributed by atoms with Crippen molar-refractivity contribution in [1.82, 2.24) is 4.90 Å². The van der Waals surface area contributed by atoms with Crippen molar-refractivity contribution in [2.24, 2.45) is 0 Å². The summed E-state index contributed by atoms with van der Waals surface area (Å²) in [5.74, 6) is 1.71. The molecule has 0 aliphatic carbocycles. The summed E-state index contributed by atoms with van der Waals surface area (Å²) < 4.78 is 42.5. The van der Waals surface area contributed by atoms with Crippen LogP contribution in [0.15, 0.2) is 30.3 Å². The second-order valence-corrected chi connectivity index (χ2v) is 8.52. The van der Waals surface area contributed by atoms with E-state index in [9.17, 15) is 9.59 Å². The van der Waals surface area contributed by atoms with Gasteiger partial charge < -0.3 is 42.8 Å². The Labute approximate surface area is 235 Å². The molecule has 0 aliphatic rings. The van der Waals surface area contributed by atoms with Gasteiger partial charge in [-0.2, -0.15) is 0 Å². The second-order valence-electron chi connectivity index (χ2n) is 8.52. The summed E-state index contributed by atoms with van der Waals surface area (Å²) in [6, 6.07) is 6.58. The molecule has 0 bridgehead atoms. The zero-order valence-corrected chi connectivity index (χ0v) is 24.2. The lowest BCUT2D eigenvalue weighted by atomic mass is 10.1. The second kappa shape index (κ2) is 16.8. The quantitative estimate of drug-likeness (QED) is 0.159. The smallest absolute Gasteiger partial charge is 0.338 e. The summed E-state index contributed by atoms with van der Waals surface area (Å²) in [7, 11) is 11.0. The fourth-order valence-electron chi connectivity index (χ4n) is 3.81. The number of nitrogens with zero attached hydrogens (tertiary/aromatic N) is 1. The number of carbonyl (C=O) groups excluding carboxylic acids is 2. The van der Waals surface area contributed by atoms with E-state index in [1.165, 1.54) is 48.7 Å². The molecule has 0 radical (unpaired) electrons. The predicted octanol–water partition coefficient (Wildman–Crippen LogP) is 3.86. The van der Waals surface area contributed by atoms with Crippen LogP contribution < -0.4 is 28.4 Å². The highest BCUT2D eigenvalue weighted by Crippen LogP contribution is 2.39. The molecule has 0 saturated carbocycles. The number of methoxy groups -OCH3 is 6. The van der Waals surface area contributed by atoms with Gasteiger partial charge in [0.2, 0.25) is 11.5 Å². The number of ether oxygens (including phenoxy) is 8. The Bertz CT molecular complexity index is 1100. The fourth-order valence-corrected chi connectivity index (χ4v) is 3.81. The van der Waals surface area contributed by atoms with Gasteiger partial charge in [-0.1, -0.05) is 0 Å². The van der Waals surface area contributed by atoms with Gasteiger partial charge in [0, 0.05) is 19.2 Å². The maximum absolute atomic E-state index is 12.5. The monoisotopic (exact) mass is 561 g/mol. The topological polar surface area (TPSA) is 111 Å². The maximum Gasteiger partial charge on any atom is 0.338 e. The molecule has 11 nitrogen and oxygen atoms in total. The minimum Gasteiger partial charge on any atom is -0.493 e. The van der Waals surface area contributed by atoms with Gasteiger partial charge in [0.1, 0.15) is 0 Å². The third-order valence-electron chi connectivity index (χ3n) is 5.85. The first kappa shape index (κ1) is 32.1. The lowest BCUT2D eigenvalue weighted by Gasteiger charge is -2.16. The van der Waals surface area contributed by atoms with E-state index in [2.05, 4.69) is 4.90 Å². The molecular formula is C29H39NO10. The van der Waals surface area contributed by atoms with E-state index >= 15 is 0 Å². The van der Waals surface area contributed by atoms with Crippen LogP contribution in [-0.2, 0) is 14.3 Å². The molecule has 0 aromatic heterocycles. The Balaban J connectivity index is 1.71. The molecule has 0 unspecified atom stereocenters. The summed E-state index contributed by atoms with van der Waals surface area (Å²) in [5.41, 5.74) is 1.01. The zero-order chi connectivity index (χ0) is 29.5. The van der Waals surface area contributed by atoms with E-state index < -0.39 is 11.9 Å². The summed E-state index contributed by atoms with van der Waals surface area (Å²) in [6.07, 6.45) is 4.28. The van der Waals surface area contributed by atoms with E-state index in [1.807, 2.05) is 7.05 Å². The highest BCUT2D eigenvalue weighted by Gasteiger charge is 2.18. The molecule has 0 spiro atoms. The first-order valence-electron chi connectivity index (χ1n) is 12.6. The summed E-state index contributed by atoms with van der Waals surface area (Å²) in [4.78, 5) is 26.7. The van der Waals surface area contributed by atoms with E-state index in [1.54, 1.807) is 30.3 Å². The van der Waals surface area contributed by atoms with Crippen molar-refractivity contribution < 1.29 is 47.5 Å². The molecule has 40 heavy (non-hydrogen) atoms. The first-order chi connectivity index (χ1) is 19.3. The molecule has 0 N–H and O–H groups in total. The van der Waals surface area contributed by atoms with Crippen LogP contribution in [0.1, 0.15) is 28.8 Å². The van der Waals surface area contributed by atoms with Crippen LogP contribution in [0, 0.1) is 0 Å². The van der Waals surface area contributed by atoms with E-state index in [-0.39, 0.29) is 13.2 Å². The molecule has 220 valence electrons. The minimum atomic E-state index is -0.478. The van der Waals surface area contributed by atoms with Crippen molar-refractivity contribution in [3.05, 3.63) is 41.5 Å². The van der Waals surface area contributed by atoms with Crippen LogP contribution in [0.2, 0.25) is 0 Å². The van der Waals surface area contributed by atoms with Gasteiger partial charge in [-0.05, 0) is 55.8 Å². The molecule has 0 atom stereocenters. The number of benzene rings is 2. The van der Waals surface area contributed by atoms with Gasteiger partial charge in [0.15, 0.2) is 23.0 Å². The van der Waals surface area contributed by atoms with Crippen molar-refractivity contribution >= 4 is 18.0 Å². The third-order valence-corrected chi connectivity index (χ3v) is 5.85. The molecule has 0 fully saturated rings. The molecule has 2 aromatic rings. The van der Waals surface area contributed by atoms with Gasteiger partial charge >= 0.3 is 11.9 Å². The Morgan fingerprint density at radius 2 is 1.12 bits per heavy atom. The Hall–Kier alpha value is -4.12. The van der Waals surface area contributed by atoms with Crippen molar-refractivity contribution in [1.29, 1.82) is 0 Å². The van der Waals surface area contributed by atoms with Crippen molar-refractivity contribution in [3.63, 3.8) is 0 Å². The summed E-state index contributed by atoms with van der Waals surface area (Å²) in [6.45, 7) is 1.95. The molecule has 0 heterocycles. The van der Waals surface area contributed by atoms with Crippen molar-refractivity contribution in [2.45, 2.75) is 12.8 Å². The van der Waals surface area contributed by atoms with Crippen LogP contribution >= 0.6 is 0 Å². The van der Waals surface area contributed by atoms with Crippen LogP contribution in [0.5, 0.6) is 34.5 Å². The highest BCUT2D eigenvalue weighted by atomic mass is 16.5. The van der Waals surface area contributed by atoms with E-state index in [0.29, 0.717) is 71.6 Å². The predicted molar refractivity (Wildman–Crippen MR) is 149 cm³/mol. The Kier molecular flexibility index (Phi) is 13.4. The van der Waals surface area contributed by atoms with Crippen LogP contribution in [-0.4, -0.2) is 92.8 Å². The number of rotatable bonds is 17. The molecule has 2 aromatic carbocycles. The number of carbonyl (C=O) groups is 2. The van der Waals surface area contributed by atoms with Crippen LogP contribution in [0.4, 0.5) is 0 Å². The minimum absolute atomic E-state index is 0.251. The molecule has 0 aliphatic heterocycles. The van der Waals surface area contributed by atoms with Gasteiger partial charge in [0.25, 0.3) is 0 Å². The van der Waals surface area contributed by atoms with E-state index in [4.69, 9.17) is 37.9 Å². The Morgan fingerprint density at radius 1 is 0.675 bits per heavy atom. The summed E-state index contributed by atoms with van der Waals surface area (Å²) >= 11 is 0. The van der Waals surface area contributed by atoms with Gasteiger partial charge in [-0.15, -0.1) is 0 Å². The van der Waals surface area contributed by atoms with Crippen molar-refractivity contribution in [3.8, 4) is 34.5 Å². The molecule has 11 heteroatoms. The average molecular weight is 562 g/mol. The molecule has 2 rings (SSSR count). The normalized spacial score (nSPS) is 10.8. The molecule has 0 amide bonds. The van der Waals surface area contributed by atoms with Gasteiger partial charge in [-0.3, -0.25) is 0 Å². The standard InChI is InChI=1S/C29H39NO10/c1-30(13-9-15-40-29(32)21-18-24(35-4)28(38-7)25(19-21)36-5)12-8-14-39-26(31)11-10-20-16-22(33-2)27(37-6)23(17-20)34-3/h10-11,16-19H,8-9,12-15H2,1-7H3/b11-10+. The third kappa shape index (κ3) is 9.26. The molecular weight excluding hydrogens is 522 g/mol. The highest BCUT2D eigenvalue weighted by molar-refractivity contribution is 5.91. The lowest BCUT2D eigenvalue weighted by molar-refractivity contribution is -0.137. The summed E-state index contributed by atoms with van der Waals surface area (Å²) in [5, 5.41) is 0. The van der Waals surface area contributed by atoms with Crippen molar-refractivity contribution in [2.75, 3.05) is 76.0 Å². The fraction of sp³-hybridized carbons (Fsp3) is 0.448. The maximum atomic E-state index is 12.5. The number of esters is 2. The lowest BCUT2D eigenvalue weighted by Crippen LogP contribution is -2.23. The Morgan fingerprint density at radius 3 is 1.57 bits per heavy atom. The zero-order valence-electron chi connectivity index (χ0n) is 24.2. The SMILES string of the molecule is COc1cc(/C=C/C(=O)OCCCN(C)CCCOC(=O)c2cc(OC)c(OC)c(OC)c2)cc(OC)c1OC. The average Bonchev–Trinajstić information content (AvgIpc) is 2.98. The van der Waals surface area contributed by atoms with Crippen LogP contribution in [0.3, 0.4) is 0 Å². The van der Waals surface area contributed by atoms with Crippen LogP contribution in [0.25, 0.3) is 6.08 Å². The number of hydrogen-bond acceptors (Lipinski definition) is 11. The largest absolute Gasteiger partial charge is 0.493 e. The molecule has 0 saturated heterocycles.